The van der Waals surface area contributed by atoms with E-state index in [1.807, 2.05) is 0 Å². The van der Waals surface area contributed by atoms with Crippen molar-refractivity contribution in [2.45, 2.75) is 25.0 Å². The van der Waals surface area contributed by atoms with Crippen LogP contribution in [0.4, 0.5) is 0 Å². The topological polar surface area (TPSA) is 69.6 Å². The van der Waals surface area contributed by atoms with Crippen molar-refractivity contribution < 1.29 is 15.0 Å². The summed E-state index contributed by atoms with van der Waals surface area (Å²) in [4.78, 5) is 10.1. The molecule has 0 aromatic carbocycles. The van der Waals surface area contributed by atoms with Crippen LogP contribution in [0.25, 0.3) is 0 Å². The third-order valence-electron chi connectivity index (χ3n) is 1.71. The van der Waals surface area contributed by atoms with Crippen molar-refractivity contribution in [1.29, 1.82) is 0 Å². The molecule has 1 saturated heterocycles. The molecule has 1 fully saturated rings. The molecular weight excluding hydrogens is 134 g/mol. The molecular formula is C6H11NO3. The number of nitrogens with one attached hydrogen (secondary N) is 1. The highest BCUT2D eigenvalue weighted by atomic mass is 16.4. The molecule has 1 heterocycles. The molecule has 0 unspecified atom stereocenters. The Balaban J connectivity index is 2.33. The molecule has 0 aromatic rings. The highest BCUT2D eigenvalue weighted by Crippen LogP contribution is 2.09. The molecule has 0 saturated carbocycles. The van der Waals surface area contributed by atoms with E-state index in [4.69, 9.17) is 10.2 Å². The number of aliphatic carboxylic acids is 1. The third kappa shape index (κ3) is 1.68. The van der Waals surface area contributed by atoms with Gasteiger partial charge >= 0.3 is 5.97 Å². The number of aliphatic hydroxyl groups excluding tert-OH is 1. The smallest absolute Gasteiger partial charge is 0.305 e. The zero-order valence-electron chi connectivity index (χ0n) is 5.58. The Morgan fingerprint density at radius 3 is 2.80 bits per heavy atom. The fourth-order valence-corrected chi connectivity index (χ4v) is 1.15. The first kappa shape index (κ1) is 7.50. The summed E-state index contributed by atoms with van der Waals surface area (Å²) in [6.45, 7) is 0.721. The number of rotatable bonds is 2. The van der Waals surface area contributed by atoms with E-state index in [2.05, 4.69) is 5.32 Å². The second-order valence-electron chi connectivity index (χ2n) is 2.51. The highest BCUT2D eigenvalue weighted by Gasteiger charge is 2.26. The molecule has 3 N–H and O–H groups in total. The number of hydrogen-bond acceptors (Lipinski definition) is 3. The predicted octanol–water partition coefficient (Wildman–Crippen LogP) is -0.816. The maximum Gasteiger partial charge on any atom is 0.305 e. The number of hydrogen-bond donors (Lipinski definition) is 3. The molecule has 4 heteroatoms. The lowest BCUT2D eigenvalue weighted by atomic mass is 10.1. The molecule has 4 nitrogen and oxygen atoms in total. The summed E-state index contributed by atoms with van der Waals surface area (Å²) in [5.74, 6) is -0.863. The van der Waals surface area contributed by atoms with Crippen LogP contribution in [0.2, 0.25) is 0 Å². The first-order valence-electron chi connectivity index (χ1n) is 3.33. The second-order valence-corrected chi connectivity index (χ2v) is 2.51. The fourth-order valence-electron chi connectivity index (χ4n) is 1.15. The number of carbonyl (C=O) groups is 1. The summed E-state index contributed by atoms with van der Waals surface area (Å²) >= 11 is 0. The van der Waals surface area contributed by atoms with E-state index in [1.165, 1.54) is 0 Å². The number of aliphatic hydroxyl groups is 1. The summed E-state index contributed by atoms with van der Waals surface area (Å²) in [6.07, 6.45) is 0.204. The Hall–Kier alpha value is -0.610. The van der Waals surface area contributed by atoms with Gasteiger partial charge in [0.15, 0.2) is 0 Å². The summed E-state index contributed by atoms with van der Waals surface area (Å²) in [6, 6.07) is -0.238. The van der Waals surface area contributed by atoms with Crippen LogP contribution in [0, 0.1) is 0 Å². The average molecular weight is 145 g/mol. The van der Waals surface area contributed by atoms with Crippen molar-refractivity contribution in [3.8, 4) is 0 Å². The van der Waals surface area contributed by atoms with Crippen molar-refractivity contribution in [1.82, 2.24) is 5.32 Å². The molecule has 0 amide bonds. The summed E-state index contributed by atoms with van der Waals surface area (Å²) in [5.41, 5.74) is 0. The van der Waals surface area contributed by atoms with Crippen LogP contribution < -0.4 is 5.32 Å². The normalized spacial score (nSPS) is 32.5. The minimum atomic E-state index is -0.863. The second kappa shape index (κ2) is 2.98. The average Bonchev–Trinajstić information content (AvgIpc) is 2.15. The molecule has 0 bridgehead atoms. The van der Waals surface area contributed by atoms with E-state index in [0.29, 0.717) is 6.42 Å². The lowest BCUT2D eigenvalue weighted by molar-refractivity contribution is -0.138. The molecule has 0 aliphatic carbocycles. The molecule has 2 atom stereocenters. The summed E-state index contributed by atoms with van der Waals surface area (Å²) in [5, 5.41) is 20.4. The van der Waals surface area contributed by atoms with E-state index >= 15 is 0 Å². The SMILES string of the molecule is O=C(O)C[C@@H]1NCC[C@@H]1O. The van der Waals surface area contributed by atoms with Crippen molar-refractivity contribution in [2.75, 3.05) is 6.54 Å². The van der Waals surface area contributed by atoms with Crippen LogP contribution in [-0.4, -0.2) is 34.9 Å². The third-order valence-corrected chi connectivity index (χ3v) is 1.71. The van der Waals surface area contributed by atoms with Gasteiger partial charge in [0.25, 0.3) is 0 Å². The van der Waals surface area contributed by atoms with Gasteiger partial charge in [-0.3, -0.25) is 4.79 Å². The maximum absolute atomic E-state index is 10.1. The van der Waals surface area contributed by atoms with Gasteiger partial charge in [0.1, 0.15) is 0 Å². The minimum Gasteiger partial charge on any atom is -0.481 e. The van der Waals surface area contributed by atoms with Crippen molar-refractivity contribution >= 4 is 5.97 Å². The zero-order chi connectivity index (χ0) is 7.56. The van der Waals surface area contributed by atoms with Gasteiger partial charge < -0.3 is 15.5 Å². The van der Waals surface area contributed by atoms with Gasteiger partial charge in [0.05, 0.1) is 12.5 Å². The quantitative estimate of drug-likeness (QED) is 0.475. The monoisotopic (exact) mass is 145 g/mol. The van der Waals surface area contributed by atoms with Crippen LogP contribution in [0.3, 0.4) is 0 Å². The van der Waals surface area contributed by atoms with E-state index in [9.17, 15) is 4.79 Å². The Bertz CT molecular complexity index is 137. The zero-order valence-corrected chi connectivity index (χ0v) is 5.58. The molecule has 58 valence electrons. The van der Waals surface area contributed by atoms with Gasteiger partial charge in [0, 0.05) is 6.04 Å². The van der Waals surface area contributed by atoms with Gasteiger partial charge in [-0.2, -0.15) is 0 Å². The molecule has 1 rings (SSSR count). The molecule has 1 aliphatic rings. The summed E-state index contributed by atoms with van der Waals surface area (Å²) < 4.78 is 0. The summed E-state index contributed by atoms with van der Waals surface area (Å²) in [7, 11) is 0. The van der Waals surface area contributed by atoms with Crippen molar-refractivity contribution in [3.63, 3.8) is 0 Å². The number of carboxylic acids is 1. The van der Waals surface area contributed by atoms with E-state index in [0.717, 1.165) is 6.54 Å². The van der Waals surface area contributed by atoms with E-state index in [1.54, 1.807) is 0 Å². The molecule has 1 aliphatic heterocycles. The van der Waals surface area contributed by atoms with Crippen LogP contribution >= 0.6 is 0 Å². The maximum atomic E-state index is 10.1. The Kier molecular flexibility index (Phi) is 2.24. The predicted molar refractivity (Wildman–Crippen MR) is 34.7 cm³/mol. The fraction of sp³-hybridized carbons (Fsp3) is 0.833. The highest BCUT2D eigenvalue weighted by molar-refractivity contribution is 5.67. The Morgan fingerprint density at radius 2 is 2.40 bits per heavy atom. The molecule has 0 spiro atoms. The molecule has 0 radical (unpaired) electrons. The van der Waals surface area contributed by atoms with Crippen LogP contribution in [0.5, 0.6) is 0 Å². The lowest BCUT2D eigenvalue weighted by Crippen LogP contribution is -2.32. The van der Waals surface area contributed by atoms with Crippen LogP contribution in [-0.2, 0) is 4.79 Å². The lowest BCUT2D eigenvalue weighted by Gasteiger charge is -2.10. The van der Waals surface area contributed by atoms with Gasteiger partial charge in [-0.25, -0.2) is 0 Å². The van der Waals surface area contributed by atoms with Gasteiger partial charge in [-0.15, -0.1) is 0 Å². The molecule has 0 aromatic heterocycles. The van der Waals surface area contributed by atoms with Crippen LogP contribution in [0.15, 0.2) is 0 Å². The van der Waals surface area contributed by atoms with Crippen molar-refractivity contribution in [2.24, 2.45) is 0 Å². The standard InChI is InChI=1S/C6H11NO3/c8-5-1-2-7-4(5)3-6(9)10/h4-5,7-8H,1-3H2,(H,9,10)/t4-,5-/m0/s1. The van der Waals surface area contributed by atoms with E-state index < -0.39 is 12.1 Å². The van der Waals surface area contributed by atoms with Crippen LogP contribution in [0.1, 0.15) is 12.8 Å². The molecule has 10 heavy (non-hydrogen) atoms. The first-order valence-corrected chi connectivity index (χ1v) is 3.33. The Morgan fingerprint density at radius 1 is 1.70 bits per heavy atom. The van der Waals surface area contributed by atoms with Gasteiger partial charge in [-0.1, -0.05) is 0 Å². The minimum absolute atomic E-state index is 0.0150. The number of carboxylic acid groups (broad SMARTS) is 1. The first-order chi connectivity index (χ1) is 4.70. The van der Waals surface area contributed by atoms with Gasteiger partial charge in [0.2, 0.25) is 0 Å². The van der Waals surface area contributed by atoms with E-state index in [-0.39, 0.29) is 12.5 Å². The Labute approximate surface area is 58.9 Å². The largest absolute Gasteiger partial charge is 0.481 e. The van der Waals surface area contributed by atoms with Crippen molar-refractivity contribution in [3.05, 3.63) is 0 Å². The van der Waals surface area contributed by atoms with Gasteiger partial charge in [-0.05, 0) is 13.0 Å².